The average Bonchev–Trinajstić information content (AvgIpc) is 2.91. The topological polar surface area (TPSA) is 34.9 Å². The van der Waals surface area contributed by atoms with Gasteiger partial charge in [0.2, 0.25) is 0 Å². The minimum absolute atomic E-state index is 0.0227. The zero-order valence-corrected chi connectivity index (χ0v) is 13.9. The molecule has 20 heavy (non-hydrogen) atoms. The highest BCUT2D eigenvalue weighted by atomic mass is 79.9. The van der Waals surface area contributed by atoms with Crippen LogP contribution >= 0.6 is 39.0 Å². The number of thioether (sulfide) groups is 1. The van der Waals surface area contributed by atoms with E-state index in [2.05, 4.69) is 33.0 Å². The Labute approximate surface area is 132 Å². The molecule has 0 unspecified atom stereocenters. The van der Waals surface area contributed by atoms with Gasteiger partial charge in [-0.3, -0.25) is 9.36 Å². The van der Waals surface area contributed by atoms with Crippen molar-refractivity contribution in [3.63, 3.8) is 0 Å². The highest BCUT2D eigenvalue weighted by Crippen LogP contribution is 2.24. The number of rotatable bonds is 3. The van der Waals surface area contributed by atoms with Crippen molar-refractivity contribution in [1.82, 2.24) is 9.55 Å². The van der Waals surface area contributed by atoms with E-state index in [0.717, 1.165) is 20.2 Å². The molecule has 0 aliphatic rings. The Bertz CT molecular complexity index is 808. The Morgan fingerprint density at radius 2 is 2.05 bits per heavy atom. The van der Waals surface area contributed by atoms with Gasteiger partial charge in [0.05, 0.1) is 5.39 Å². The van der Waals surface area contributed by atoms with Gasteiger partial charge in [-0.05, 0) is 29.1 Å². The van der Waals surface area contributed by atoms with E-state index >= 15 is 0 Å². The van der Waals surface area contributed by atoms with Crippen LogP contribution in [0.5, 0.6) is 0 Å². The summed E-state index contributed by atoms with van der Waals surface area (Å²) in [5.41, 5.74) is 1.23. The first kappa shape index (κ1) is 13.9. The minimum Gasteiger partial charge on any atom is -0.290 e. The summed E-state index contributed by atoms with van der Waals surface area (Å²) in [6, 6.07) is 10.0. The lowest BCUT2D eigenvalue weighted by Crippen LogP contribution is -2.19. The van der Waals surface area contributed by atoms with Gasteiger partial charge < -0.3 is 0 Å². The standard InChI is InChI=1S/C14H11BrN2OS2/c1-17-13(18)11-6-7-19-12(11)16-14(17)20-8-9-2-4-10(15)5-3-9/h2-7H,8H2,1H3. The van der Waals surface area contributed by atoms with Gasteiger partial charge in [0.15, 0.2) is 5.16 Å². The number of benzene rings is 1. The third kappa shape index (κ3) is 2.68. The van der Waals surface area contributed by atoms with Crippen molar-refractivity contribution in [2.24, 2.45) is 7.05 Å². The monoisotopic (exact) mass is 366 g/mol. The van der Waals surface area contributed by atoms with Crippen molar-refractivity contribution in [3.8, 4) is 0 Å². The van der Waals surface area contributed by atoms with Crippen LogP contribution in [0.2, 0.25) is 0 Å². The fourth-order valence-corrected chi connectivity index (χ4v) is 3.83. The first-order valence-corrected chi connectivity index (χ1v) is 8.62. The number of fused-ring (bicyclic) bond motifs is 1. The molecule has 0 bridgehead atoms. The summed E-state index contributed by atoms with van der Waals surface area (Å²) in [5, 5.41) is 3.36. The Morgan fingerprint density at radius 1 is 1.30 bits per heavy atom. The molecule has 0 spiro atoms. The second-order valence-corrected chi connectivity index (χ2v) is 7.07. The van der Waals surface area contributed by atoms with Crippen LogP contribution in [0.1, 0.15) is 5.56 Å². The van der Waals surface area contributed by atoms with E-state index in [1.165, 1.54) is 16.9 Å². The fraction of sp³-hybridized carbons (Fsp3) is 0.143. The second-order valence-electron chi connectivity index (χ2n) is 4.31. The van der Waals surface area contributed by atoms with Crippen LogP contribution in [-0.2, 0) is 12.8 Å². The largest absolute Gasteiger partial charge is 0.290 e. The lowest BCUT2D eigenvalue weighted by atomic mass is 10.2. The van der Waals surface area contributed by atoms with Crippen LogP contribution in [0.3, 0.4) is 0 Å². The molecule has 3 rings (SSSR count). The second kappa shape index (κ2) is 5.71. The number of thiophene rings is 1. The van der Waals surface area contributed by atoms with Gasteiger partial charge in [-0.1, -0.05) is 39.8 Å². The lowest BCUT2D eigenvalue weighted by Gasteiger charge is -2.07. The van der Waals surface area contributed by atoms with Crippen LogP contribution in [0.15, 0.2) is 50.1 Å². The number of hydrogen-bond donors (Lipinski definition) is 0. The zero-order chi connectivity index (χ0) is 14.1. The number of halogens is 1. The van der Waals surface area contributed by atoms with Gasteiger partial charge in [0.1, 0.15) is 4.83 Å². The third-order valence-electron chi connectivity index (χ3n) is 2.95. The maximum absolute atomic E-state index is 12.2. The third-order valence-corrected chi connectivity index (χ3v) is 5.38. The highest BCUT2D eigenvalue weighted by molar-refractivity contribution is 9.10. The van der Waals surface area contributed by atoms with Crippen molar-refractivity contribution >= 4 is 49.2 Å². The van der Waals surface area contributed by atoms with Gasteiger partial charge in [0, 0.05) is 17.3 Å². The number of aromatic nitrogens is 2. The van der Waals surface area contributed by atoms with E-state index in [4.69, 9.17) is 0 Å². The molecule has 6 heteroatoms. The Kier molecular flexibility index (Phi) is 3.96. The van der Waals surface area contributed by atoms with Crippen molar-refractivity contribution in [2.75, 3.05) is 0 Å². The summed E-state index contributed by atoms with van der Waals surface area (Å²) < 4.78 is 2.69. The summed E-state index contributed by atoms with van der Waals surface area (Å²) in [6.45, 7) is 0. The van der Waals surface area contributed by atoms with Crippen molar-refractivity contribution in [3.05, 3.63) is 56.1 Å². The van der Waals surface area contributed by atoms with E-state index in [1.807, 2.05) is 23.6 Å². The normalized spacial score (nSPS) is 11.1. The SMILES string of the molecule is Cn1c(SCc2ccc(Br)cc2)nc2sccc2c1=O. The van der Waals surface area contributed by atoms with Crippen molar-refractivity contribution in [1.29, 1.82) is 0 Å². The molecule has 0 aliphatic heterocycles. The predicted octanol–water partition coefficient (Wildman–Crippen LogP) is 4.05. The molecule has 2 aromatic heterocycles. The molecule has 0 fully saturated rings. The molecule has 3 nitrogen and oxygen atoms in total. The molecule has 0 aliphatic carbocycles. The van der Waals surface area contributed by atoms with Crippen LogP contribution in [0, 0.1) is 0 Å². The minimum atomic E-state index is 0.0227. The van der Waals surface area contributed by atoms with E-state index in [9.17, 15) is 4.79 Å². The zero-order valence-electron chi connectivity index (χ0n) is 10.7. The van der Waals surface area contributed by atoms with Gasteiger partial charge in [-0.15, -0.1) is 11.3 Å². The molecule has 0 saturated heterocycles. The van der Waals surface area contributed by atoms with E-state index in [-0.39, 0.29) is 5.56 Å². The Balaban J connectivity index is 1.89. The van der Waals surface area contributed by atoms with E-state index in [1.54, 1.807) is 23.4 Å². The van der Waals surface area contributed by atoms with Crippen LogP contribution < -0.4 is 5.56 Å². The van der Waals surface area contributed by atoms with Gasteiger partial charge in [-0.2, -0.15) is 0 Å². The van der Waals surface area contributed by atoms with E-state index < -0.39 is 0 Å². The summed E-state index contributed by atoms with van der Waals surface area (Å²) >= 11 is 6.51. The first-order chi connectivity index (χ1) is 9.65. The summed E-state index contributed by atoms with van der Waals surface area (Å²) in [4.78, 5) is 17.6. The fourth-order valence-electron chi connectivity index (χ4n) is 1.84. The predicted molar refractivity (Wildman–Crippen MR) is 88.6 cm³/mol. The molecule has 0 amide bonds. The average molecular weight is 367 g/mol. The lowest BCUT2D eigenvalue weighted by molar-refractivity contribution is 0.728. The molecule has 3 aromatic rings. The molecular formula is C14H11BrN2OS2. The molecule has 0 radical (unpaired) electrons. The highest BCUT2D eigenvalue weighted by Gasteiger charge is 2.09. The van der Waals surface area contributed by atoms with Crippen LogP contribution in [0.4, 0.5) is 0 Å². The maximum Gasteiger partial charge on any atom is 0.262 e. The Morgan fingerprint density at radius 3 is 2.80 bits per heavy atom. The maximum atomic E-state index is 12.2. The summed E-state index contributed by atoms with van der Waals surface area (Å²) in [5.74, 6) is 0.796. The molecule has 0 N–H and O–H groups in total. The van der Waals surface area contributed by atoms with Crippen LogP contribution in [-0.4, -0.2) is 9.55 Å². The molecule has 2 heterocycles. The van der Waals surface area contributed by atoms with E-state index in [0.29, 0.717) is 5.39 Å². The van der Waals surface area contributed by atoms with Crippen molar-refractivity contribution < 1.29 is 0 Å². The molecule has 1 aromatic carbocycles. The van der Waals surface area contributed by atoms with Gasteiger partial charge in [0.25, 0.3) is 5.56 Å². The quantitative estimate of drug-likeness (QED) is 0.518. The molecule has 102 valence electrons. The summed E-state index contributed by atoms with van der Waals surface area (Å²) in [6.07, 6.45) is 0. The van der Waals surface area contributed by atoms with Gasteiger partial charge in [-0.25, -0.2) is 4.98 Å². The first-order valence-electron chi connectivity index (χ1n) is 5.96. The number of nitrogens with zero attached hydrogens (tertiary/aromatic N) is 2. The van der Waals surface area contributed by atoms with Crippen LogP contribution in [0.25, 0.3) is 10.2 Å². The molecule has 0 saturated carbocycles. The Hall–Kier alpha value is -1.11. The van der Waals surface area contributed by atoms with Crippen molar-refractivity contribution in [2.45, 2.75) is 10.9 Å². The smallest absolute Gasteiger partial charge is 0.262 e. The van der Waals surface area contributed by atoms with Gasteiger partial charge >= 0.3 is 0 Å². The molecular weight excluding hydrogens is 356 g/mol. The number of hydrogen-bond acceptors (Lipinski definition) is 4. The summed E-state index contributed by atoms with van der Waals surface area (Å²) in [7, 11) is 1.77. The molecule has 0 atom stereocenters.